The molecular weight excluding hydrogens is 298 g/mol. The van der Waals surface area contributed by atoms with E-state index in [-0.39, 0.29) is 11.4 Å². The molecule has 0 atom stereocenters. The quantitative estimate of drug-likeness (QED) is 0.838. The molecule has 3 rings (SSSR count). The summed E-state index contributed by atoms with van der Waals surface area (Å²) in [5, 5.41) is 4.27. The molecule has 1 aliphatic carbocycles. The van der Waals surface area contributed by atoms with Crippen molar-refractivity contribution < 1.29 is 4.79 Å². The second kappa shape index (κ2) is 6.98. The fourth-order valence-corrected chi connectivity index (χ4v) is 3.87. The largest absolute Gasteiger partial charge is 0.351 e. The van der Waals surface area contributed by atoms with E-state index in [9.17, 15) is 4.79 Å². The van der Waals surface area contributed by atoms with Crippen LogP contribution in [0.25, 0.3) is 10.9 Å². The van der Waals surface area contributed by atoms with Gasteiger partial charge in [-0.3, -0.25) is 4.79 Å². The number of nitrogens with one attached hydrogen (secondary N) is 2. The molecule has 24 heavy (non-hydrogen) atoms. The normalized spacial score (nSPS) is 17.8. The van der Waals surface area contributed by atoms with Crippen LogP contribution in [0.1, 0.15) is 54.6 Å². The third kappa shape index (κ3) is 3.48. The van der Waals surface area contributed by atoms with Crippen molar-refractivity contribution >= 4 is 16.8 Å². The zero-order valence-electron chi connectivity index (χ0n) is 15.1. The lowest BCUT2D eigenvalue weighted by Crippen LogP contribution is -2.52. The molecule has 4 nitrogen and oxygen atoms in total. The molecule has 0 unspecified atom stereocenters. The van der Waals surface area contributed by atoms with E-state index in [1.54, 1.807) is 0 Å². The average molecular weight is 327 g/mol. The number of aromatic amines is 1. The molecule has 0 bridgehead atoms. The summed E-state index contributed by atoms with van der Waals surface area (Å²) in [6.45, 7) is 2.78. The fourth-order valence-electron chi connectivity index (χ4n) is 3.87. The molecule has 0 radical (unpaired) electrons. The lowest BCUT2D eigenvalue weighted by molar-refractivity contribution is 0.0865. The van der Waals surface area contributed by atoms with Crippen LogP contribution in [0.15, 0.2) is 24.3 Å². The van der Waals surface area contributed by atoms with Gasteiger partial charge in [-0.25, -0.2) is 0 Å². The summed E-state index contributed by atoms with van der Waals surface area (Å²) in [6, 6.07) is 8.16. The molecule has 0 spiro atoms. The first-order valence-corrected chi connectivity index (χ1v) is 9.05. The third-order valence-corrected chi connectivity index (χ3v) is 5.58. The van der Waals surface area contributed by atoms with Crippen LogP contribution in [-0.2, 0) is 0 Å². The van der Waals surface area contributed by atoms with Gasteiger partial charge in [-0.05, 0) is 51.6 Å². The lowest BCUT2D eigenvalue weighted by Gasteiger charge is -2.39. The van der Waals surface area contributed by atoms with Gasteiger partial charge in [0.2, 0.25) is 0 Å². The lowest BCUT2D eigenvalue weighted by atomic mass is 9.88. The van der Waals surface area contributed by atoms with Crippen molar-refractivity contribution in [2.75, 3.05) is 20.6 Å². The van der Waals surface area contributed by atoms with E-state index in [1.807, 2.05) is 6.07 Å². The van der Waals surface area contributed by atoms with E-state index >= 15 is 0 Å². The number of likely N-dealkylation sites (N-methyl/N-ethyl adjacent to an activating group) is 1. The third-order valence-electron chi connectivity index (χ3n) is 5.58. The molecule has 130 valence electrons. The van der Waals surface area contributed by atoms with Crippen molar-refractivity contribution in [2.45, 2.75) is 51.0 Å². The van der Waals surface area contributed by atoms with E-state index in [0.29, 0.717) is 12.2 Å². The molecule has 1 aromatic heterocycles. The first-order valence-electron chi connectivity index (χ1n) is 9.05. The van der Waals surface area contributed by atoms with Crippen LogP contribution in [0.2, 0.25) is 0 Å². The summed E-state index contributed by atoms with van der Waals surface area (Å²) in [7, 11) is 4.28. The standard InChI is InChI=1S/C20H29N3O/c1-15-8-9-16-13-18(22-17(16)12-15)19(24)21-14-20(23(2)3)10-6-4-5-7-11-20/h8-9,12-13,22H,4-7,10-11,14H2,1-3H3,(H,21,24). The van der Waals surface area contributed by atoms with Gasteiger partial charge < -0.3 is 15.2 Å². The Balaban J connectivity index is 1.72. The monoisotopic (exact) mass is 327 g/mol. The van der Waals surface area contributed by atoms with Crippen LogP contribution in [-0.4, -0.2) is 42.0 Å². The molecule has 1 aliphatic rings. The highest BCUT2D eigenvalue weighted by atomic mass is 16.1. The van der Waals surface area contributed by atoms with Crippen molar-refractivity contribution in [2.24, 2.45) is 0 Å². The molecule has 1 amide bonds. The number of carbonyl (C=O) groups is 1. The zero-order valence-corrected chi connectivity index (χ0v) is 15.1. The summed E-state index contributed by atoms with van der Waals surface area (Å²) >= 11 is 0. The Hall–Kier alpha value is -1.81. The highest BCUT2D eigenvalue weighted by molar-refractivity contribution is 5.98. The Morgan fingerprint density at radius 2 is 1.88 bits per heavy atom. The van der Waals surface area contributed by atoms with Crippen molar-refractivity contribution in [3.05, 3.63) is 35.5 Å². The van der Waals surface area contributed by atoms with Crippen molar-refractivity contribution in [3.63, 3.8) is 0 Å². The van der Waals surface area contributed by atoms with Gasteiger partial charge in [-0.2, -0.15) is 0 Å². The van der Waals surface area contributed by atoms with Crippen LogP contribution < -0.4 is 5.32 Å². The molecule has 1 heterocycles. The van der Waals surface area contributed by atoms with Gasteiger partial charge in [0, 0.05) is 23.0 Å². The molecule has 1 aromatic carbocycles. The Bertz CT molecular complexity index is 709. The van der Waals surface area contributed by atoms with Crippen LogP contribution in [0, 0.1) is 6.92 Å². The van der Waals surface area contributed by atoms with E-state index in [1.165, 1.54) is 31.2 Å². The summed E-state index contributed by atoms with van der Waals surface area (Å²) in [4.78, 5) is 18.2. The Labute approximate surface area is 144 Å². The second-order valence-corrected chi connectivity index (χ2v) is 7.49. The van der Waals surface area contributed by atoms with Crippen molar-refractivity contribution in [1.82, 2.24) is 15.2 Å². The summed E-state index contributed by atoms with van der Waals surface area (Å²) < 4.78 is 0. The number of rotatable bonds is 4. The molecule has 0 aliphatic heterocycles. The van der Waals surface area contributed by atoms with Crippen molar-refractivity contribution in [3.8, 4) is 0 Å². The van der Waals surface area contributed by atoms with Gasteiger partial charge in [0.25, 0.3) is 5.91 Å². The van der Waals surface area contributed by atoms with E-state index < -0.39 is 0 Å². The number of H-pyrrole nitrogens is 1. The predicted molar refractivity (Wildman–Crippen MR) is 99.5 cm³/mol. The number of nitrogens with zero attached hydrogens (tertiary/aromatic N) is 1. The molecule has 2 N–H and O–H groups in total. The number of amides is 1. The van der Waals surface area contributed by atoms with Crippen LogP contribution >= 0.6 is 0 Å². The summed E-state index contributed by atoms with van der Waals surface area (Å²) in [5.74, 6) is -0.00525. The second-order valence-electron chi connectivity index (χ2n) is 7.49. The molecule has 2 aromatic rings. The maximum atomic E-state index is 12.6. The van der Waals surface area contributed by atoms with E-state index in [2.05, 4.69) is 54.4 Å². The highest BCUT2D eigenvalue weighted by Gasteiger charge is 2.33. The average Bonchev–Trinajstić information content (AvgIpc) is 2.81. The number of aromatic nitrogens is 1. The highest BCUT2D eigenvalue weighted by Crippen LogP contribution is 2.30. The van der Waals surface area contributed by atoms with E-state index in [0.717, 1.165) is 23.7 Å². The smallest absolute Gasteiger partial charge is 0.267 e. The van der Waals surface area contributed by atoms with Gasteiger partial charge in [0.1, 0.15) is 5.69 Å². The maximum Gasteiger partial charge on any atom is 0.267 e. The number of fused-ring (bicyclic) bond motifs is 1. The van der Waals surface area contributed by atoms with Crippen molar-refractivity contribution in [1.29, 1.82) is 0 Å². The first-order chi connectivity index (χ1) is 11.5. The van der Waals surface area contributed by atoms with Crippen LogP contribution in [0.4, 0.5) is 0 Å². The topological polar surface area (TPSA) is 48.1 Å². The Morgan fingerprint density at radius 1 is 1.17 bits per heavy atom. The molecular formula is C20H29N3O. The minimum atomic E-state index is -0.00525. The number of benzene rings is 1. The minimum Gasteiger partial charge on any atom is -0.351 e. The zero-order chi connectivity index (χ0) is 17.2. The van der Waals surface area contributed by atoms with Gasteiger partial charge in [0.05, 0.1) is 0 Å². The maximum absolute atomic E-state index is 12.6. The van der Waals surface area contributed by atoms with Gasteiger partial charge in [-0.15, -0.1) is 0 Å². The number of aryl methyl sites for hydroxylation is 1. The van der Waals surface area contributed by atoms with Crippen LogP contribution in [0.5, 0.6) is 0 Å². The Kier molecular flexibility index (Phi) is 4.95. The molecule has 1 fully saturated rings. The van der Waals surface area contributed by atoms with E-state index in [4.69, 9.17) is 0 Å². The number of hydrogen-bond acceptors (Lipinski definition) is 2. The fraction of sp³-hybridized carbons (Fsp3) is 0.550. The summed E-state index contributed by atoms with van der Waals surface area (Å²) in [5.41, 5.74) is 2.96. The predicted octanol–water partition coefficient (Wildman–Crippen LogP) is 3.86. The molecule has 4 heteroatoms. The van der Waals surface area contributed by atoms with Gasteiger partial charge in [-0.1, -0.05) is 37.8 Å². The molecule has 1 saturated carbocycles. The number of hydrogen-bond donors (Lipinski definition) is 2. The Morgan fingerprint density at radius 3 is 2.54 bits per heavy atom. The SMILES string of the molecule is Cc1ccc2cc(C(=O)NCC3(N(C)C)CCCCCC3)[nH]c2c1. The van der Waals surface area contributed by atoms with Gasteiger partial charge in [0.15, 0.2) is 0 Å². The minimum absolute atomic E-state index is 0.00525. The number of carbonyl (C=O) groups excluding carboxylic acids is 1. The molecule has 0 saturated heterocycles. The van der Waals surface area contributed by atoms with Gasteiger partial charge >= 0.3 is 0 Å². The first kappa shape index (κ1) is 17.0. The summed E-state index contributed by atoms with van der Waals surface area (Å²) in [6.07, 6.45) is 7.44. The van der Waals surface area contributed by atoms with Crippen LogP contribution in [0.3, 0.4) is 0 Å².